The number of rotatable bonds is 5. The number of nitrogens with two attached hydrogens (primary N) is 1. The van der Waals surface area contributed by atoms with Gasteiger partial charge in [0, 0.05) is 28.3 Å². The molecule has 1 atom stereocenters. The van der Waals surface area contributed by atoms with Gasteiger partial charge in [-0.3, -0.25) is 0 Å². The predicted molar refractivity (Wildman–Crippen MR) is 73.3 cm³/mol. The SMILES string of the molecule is CC(N)c1ccc(SCCN(C)C)cc1Cl. The molecule has 1 unspecified atom stereocenters. The Morgan fingerprint density at radius 3 is 2.62 bits per heavy atom. The van der Waals surface area contributed by atoms with Gasteiger partial charge in [0.25, 0.3) is 0 Å². The lowest BCUT2D eigenvalue weighted by Gasteiger charge is -2.11. The van der Waals surface area contributed by atoms with Gasteiger partial charge in [0.05, 0.1) is 0 Å². The van der Waals surface area contributed by atoms with Crippen LogP contribution in [0.1, 0.15) is 18.5 Å². The first-order chi connectivity index (χ1) is 7.50. The van der Waals surface area contributed by atoms with E-state index in [1.54, 1.807) is 0 Å². The largest absolute Gasteiger partial charge is 0.324 e. The molecular formula is C12H19ClN2S. The van der Waals surface area contributed by atoms with E-state index in [0.29, 0.717) is 0 Å². The standard InChI is InChI=1S/C12H19ClN2S/c1-9(14)11-5-4-10(8-12(11)13)16-7-6-15(2)3/h4-5,8-9H,6-7,14H2,1-3H3. The molecule has 2 N–H and O–H groups in total. The number of thioether (sulfide) groups is 1. The van der Waals surface area contributed by atoms with Crippen molar-refractivity contribution in [3.63, 3.8) is 0 Å². The van der Waals surface area contributed by atoms with Crippen LogP contribution >= 0.6 is 23.4 Å². The van der Waals surface area contributed by atoms with Gasteiger partial charge in [0.1, 0.15) is 0 Å². The molecule has 0 fully saturated rings. The van der Waals surface area contributed by atoms with E-state index in [0.717, 1.165) is 22.9 Å². The summed E-state index contributed by atoms with van der Waals surface area (Å²) in [6.45, 7) is 3.01. The Morgan fingerprint density at radius 1 is 1.44 bits per heavy atom. The molecule has 0 bridgehead atoms. The third-order valence-corrected chi connectivity index (χ3v) is 3.57. The van der Waals surface area contributed by atoms with Gasteiger partial charge in [-0.05, 0) is 38.7 Å². The summed E-state index contributed by atoms with van der Waals surface area (Å²) in [5, 5.41) is 0.768. The average molecular weight is 259 g/mol. The molecule has 0 aliphatic heterocycles. The van der Waals surface area contributed by atoms with Gasteiger partial charge in [-0.1, -0.05) is 17.7 Å². The molecule has 1 aromatic rings. The van der Waals surface area contributed by atoms with Crippen LogP contribution in [0.5, 0.6) is 0 Å². The summed E-state index contributed by atoms with van der Waals surface area (Å²) < 4.78 is 0. The summed E-state index contributed by atoms with van der Waals surface area (Å²) >= 11 is 7.98. The molecule has 1 rings (SSSR count). The van der Waals surface area contributed by atoms with E-state index >= 15 is 0 Å². The molecule has 2 nitrogen and oxygen atoms in total. The highest BCUT2D eigenvalue weighted by atomic mass is 35.5. The zero-order chi connectivity index (χ0) is 12.1. The molecule has 1 aromatic carbocycles. The van der Waals surface area contributed by atoms with E-state index in [2.05, 4.69) is 25.1 Å². The molecule has 4 heteroatoms. The maximum Gasteiger partial charge on any atom is 0.0464 e. The van der Waals surface area contributed by atoms with Crippen molar-refractivity contribution >= 4 is 23.4 Å². The lowest BCUT2D eigenvalue weighted by molar-refractivity contribution is 0.437. The molecule has 0 heterocycles. The molecule has 0 radical (unpaired) electrons. The van der Waals surface area contributed by atoms with Crippen molar-refractivity contribution in [2.45, 2.75) is 17.9 Å². The lowest BCUT2D eigenvalue weighted by atomic mass is 10.1. The minimum Gasteiger partial charge on any atom is -0.324 e. The van der Waals surface area contributed by atoms with E-state index < -0.39 is 0 Å². The Balaban J connectivity index is 2.59. The molecule has 0 aliphatic carbocycles. The van der Waals surface area contributed by atoms with Gasteiger partial charge in [-0.25, -0.2) is 0 Å². The molecule has 0 spiro atoms. The number of hydrogen-bond donors (Lipinski definition) is 1. The molecule has 0 saturated heterocycles. The highest BCUT2D eigenvalue weighted by Crippen LogP contribution is 2.27. The first-order valence-electron chi connectivity index (χ1n) is 5.33. The maximum absolute atomic E-state index is 6.16. The van der Waals surface area contributed by atoms with Crippen LogP contribution in [0.4, 0.5) is 0 Å². The normalized spacial score (nSPS) is 13.1. The number of nitrogens with zero attached hydrogens (tertiary/aromatic N) is 1. The first-order valence-corrected chi connectivity index (χ1v) is 6.69. The highest BCUT2D eigenvalue weighted by molar-refractivity contribution is 7.99. The first kappa shape index (κ1) is 13.8. The fourth-order valence-corrected chi connectivity index (χ4v) is 2.79. The number of benzene rings is 1. The van der Waals surface area contributed by atoms with Crippen LogP contribution in [-0.4, -0.2) is 31.3 Å². The third kappa shape index (κ3) is 4.34. The summed E-state index contributed by atoms with van der Waals surface area (Å²) in [7, 11) is 4.15. The van der Waals surface area contributed by atoms with E-state index in [-0.39, 0.29) is 6.04 Å². The average Bonchev–Trinajstić information content (AvgIpc) is 2.16. The van der Waals surface area contributed by atoms with E-state index in [1.807, 2.05) is 30.8 Å². The zero-order valence-electron chi connectivity index (χ0n) is 10.0. The van der Waals surface area contributed by atoms with Gasteiger partial charge in [-0.2, -0.15) is 0 Å². The Morgan fingerprint density at radius 2 is 2.12 bits per heavy atom. The van der Waals surface area contributed by atoms with Crippen molar-refractivity contribution in [3.8, 4) is 0 Å². The van der Waals surface area contributed by atoms with Gasteiger partial charge in [0.15, 0.2) is 0 Å². The van der Waals surface area contributed by atoms with Crippen LogP contribution in [0.15, 0.2) is 23.1 Å². The van der Waals surface area contributed by atoms with Crippen molar-refractivity contribution in [2.75, 3.05) is 26.4 Å². The predicted octanol–water partition coefficient (Wildman–Crippen LogP) is 3.01. The third-order valence-electron chi connectivity index (χ3n) is 2.27. The quantitative estimate of drug-likeness (QED) is 0.824. The van der Waals surface area contributed by atoms with Crippen LogP contribution in [0.2, 0.25) is 5.02 Å². The summed E-state index contributed by atoms with van der Waals surface area (Å²) in [6.07, 6.45) is 0. The molecule has 16 heavy (non-hydrogen) atoms. The molecule has 0 saturated carbocycles. The summed E-state index contributed by atoms with van der Waals surface area (Å²) in [5.74, 6) is 1.07. The summed E-state index contributed by atoms with van der Waals surface area (Å²) in [6, 6.07) is 6.10. The second kappa shape index (κ2) is 6.50. The minimum absolute atomic E-state index is 0.00618. The molecule has 0 aromatic heterocycles. The highest BCUT2D eigenvalue weighted by Gasteiger charge is 2.06. The van der Waals surface area contributed by atoms with Gasteiger partial charge < -0.3 is 10.6 Å². The number of hydrogen-bond acceptors (Lipinski definition) is 3. The second-order valence-corrected chi connectivity index (χ2v) is 5.70. The van der Waals surface area contributed by atoms with Crippen molar-refractivity contribution in [1.29, 1.82) is 0 Å². The van der Waals surface area contributed by atoms with Crippen LogP contribution in [0.25, 0.3) is 0 Å². The van der Waals surface area contributed by atoms with Crippen LogP contribution in [-0.2, 0) is 0 Å². The van der Waals surface area contributed by atoms with Crippen molar-refractivity contribution in [3.05, 3.63) is 28.8 Å². The fourth-order valence-electron chi connectivity index (χ4n) is 1.31. The second-order valence-electron chi connectivity index (χ2n) is 4.12. The zero-order valence-corrected chi connectivity index (χ0v) is 11.6. The summed E-state index contributed by atoms with van der Waals surface area (Å²) in [4.78, 5) is 3.38. The molecular weight excluding hydrogens is 240 g/mol. The van der Waals surface area contributed by atoms with E-state index in [9.17, 15) is 0 Å². The number of halogens is 1. The Labute approximate surface area is 107 Å². The van der Waals surface area contributed by atoms with E-state index in [4.69, 9.17) is 17.3 Å². The van der Waals surface area contributed by atoms with Crippen molar-refractivity contribution in [2.24, 2.45) is 5.73 Å². The Hall–Kier alpha value is -0.220. The molecule has 90 valence electrons. The Bertz CT molecular complexity index is 340. The monoisotopic (exact) mass is 258 g/mol. The minimum atomic E-state index is -0.00618. The molecule has 0 aliphatic rings. The maximum atomic E-state index is 6.16. The van der Waals surface area contributed by atoms with Crippen LogP contribution < -0.4 is 5.73 Å². The van der Waals surface area contributed by atoms with Crippen molar-refractivity contribution in [1.82, 2.24) is 4.90 Å². The smallest absolute Gasteiger partial charge is 0.0464 e. The van der Waals surface area contributed by atoms with Gasteiger partial charge in [0.2, 0.25) is 0 Å². The van der Waals surface area contributed by atoms with E-state index in [1.165, 1.54) is 4.90 Å². The van der Waals surface area contributed by atoms with Gasteiger partial charge >= 0.3 is 0 Å². The van der Waals surface area contributed by atoms with Gasteiger partial charge in [-0.15, -0.1) is 11.8 Å². The lowest BCUT2D eigenvalue weighted by Crippen LogP contribution is -2.14. The fraction of sp³-hybridized carbons (Fsp3) is 0.500. The topological polar surface area (TPSA) is 29.3 Å². The Kier molecular flexibility index (Phi) is 5.62. The summed E-state index contributed by atoms with van der Waals surface area (Å²) in [5.41, 5.74) is 6.82. The molecule has 0 amide bonds. The van der Waals surface area contributed by atoms with Crippen LogP contribution in [0.3, 0.4) is 0 Å². The van der Waals surface area contributed by atoms with Crippen molar-refractivity contribution < 1.29 is 0 Å². The van der Waals surface area contributed by atoms with Crippen LogP contribution in [0, 0.1) is 0 Å².